The number of amides is 1. The summed E-state index contributed by atoms with van der Waals surface area (Å²) in [5, 5.41) is 10.2. The van der Waals surface area contributed by atoms with Crippen molar-refractivity contribution in [1.29, 1.82) is 0 Å². The normalized spacial score (nSPS) is 17.0. The number of sulfonamides is 1. The van der Waals surface area contributed by atoms with Crippen LogP contribution in [0.1, 0.15) is 53.1 Å². The molecule has 344 valence electrons. The molecule has 2 aliphatic rings. The average molecular weight is 978 g/mol. The van der Waals surface area contributed by atoms with Crippen LogP contribution < -0.4 is 15.6 Å². The number of fused-ring (bicyclic) bond motifs is 5. The van der Waals surface area contributed by atoms with Gasteiger partial charge in [0.05, 0.1) is 49.9 Å². The summed E-state index contributed by atoms with van der Waals surface area (Å²) >= 11 is 6.60. The van der Waals surface area contributed by atoms with Crippen LogP contribution in [0.15, 0.2) is 70.4 Å². The third-order valence-electron chi connectivity index (χ3n) is 11.3. The van der Waals surface area contributed by atoms with Gasteiger partial charge in [0.1, 0.15) is 41.2 Å². The monoisotopic (exact) mass is 977 g/mol. The van der Waals surface area contributed by atoms with Gasteiger partial charge in [-0.25, -0.2) is 48.8 Å². The van der Waals surface area contributed by atoms with Crippen molar-refractivity contribution in [2.45, 2.75) is 48.6 Å². The van der Waals surface area contributed by atoms with Crippen LogP contribution in [0.3, 0.4) is 0 Å². The summed E-state index contributed by atoms with van der Waals surface area (Å²) in [4.78, 5) is 37.9. The highest BCUT2D eigenvalue weighted by Crippen LogP contribution is 2.68. The van der Waals surface area contributed by atoms with Gasteiger partial charge in [-0.1, -0.05) is 11.6 Å². The molecule has 3 atom stereocenters. The summed E-state index contributed by atoms with van der Waals surface area (Å²) in [6.07, 6.45) is -2.23. The topological polar surface area (TPSA) is 193 Å². The van der Waals surface area contributed by atoms with Gasteiger partial charge in [-0.2, -0.15) is 19.0 Å². The Morgan fingerprint density at radius 3 is 2.32 bits per heavy atom. The molecule has 1 saturated carbocycles. The zero-order valence-corrected chi connectivity index (χ0v) is 36.5. The van der Waals surface area contributed by atoms with Gasteiger partial charge in [-0.15, -0.1) is 0 Å². The second-order valence-corrected chi connectivity index (χ2v) is 20.1. The van der Waals surface area contributed by atoms with Crippen LogP contribution in [0, 0.1) is 23.4 Å². The summed E-state index contributed by atoms with van der Waals surface area (Å²) in [6.45, 7) is -1.08. The highest BCUT2D eigenvalue weighted by atomic mass is 35.5. The Hall–Kier alpha value is -6.40. The van der Waals surface area contributed by atoms with Gasteiger partial charge in [0.25, 0.3) is 17.9 Å². The first kappa shape index (κ1) is 44.8. The van der Waals surface area contributed by atoms with E-state index in [0.717, 1.165) is 47.4 Å². The Morgan fingerprint density at radius 1 is 0.939 bits per heavy atom. The van der Waals surface area contributed by atoms with E-state index in [1.807, 2.05) is 0 Å². The summed E-state index contributed by atoms with van der Waals surface area (Å²) in [7, 11) is -6.70. The van der Waals surface area contributed by atoms with E-state index >= 15 is 13.6 Å². The first-order chi connectivity index (χ1) is 30.9. The van der Waals surface area contributed by atoms with Gasteiger partial charge in [0.2, 0.25) is 15.9 Å². The van der Waals surface area contributed by atoms with Crippen molar-refractivity contribution in [2.24, 2.45) is 13.0 Å². The van der Waals surface area contributed by atoms with Gasteiger partial charge in [0.15, 0.2) is 21.3 Å². The number of carbonyl (C=O) groups excluding carboxylic acids is 1. The van der Waals surface area contributed by atoms with Crippen LogP contribution in [0.5, 0.6) is 0 Å². The Morgan fingerprint density at radius 2 is 1.65 bits per heavy atom. The third-order valence-corrected chi connectivity index (χ3v) is 13.3. The summed E-state index contributed by atoms with van der Waals surface area (Å²) in [6, 6.07) is 8.64. The van der Waals surface area contributed by atoms with Gasteiger partial charge in [-0.05, 0) is 72.5 Å². The van der Waals surface area contributed by atoms with Crippen molar-refractivity contribution >= 4 is 65.1 Å². The van der Waals surface area contributed by atoms with E-state index < -0.39 is 120 Å². The minimum atomic E-state index is -4.10. The number of halogens is 8. The summed E-state index contributed by atoms with van der Waals surface area (Å²) in [5.41, 5.74) is -3.94. The number of carbonyl (C=O) groups is 1. The number of rotatable bonds is 12. The highest BCUT2D eigenvalue weighted by Gasteiger charge is 2.67. The fourth-order valence-electron chi connectivity index (χ4n) is 8.63. The third kappa shape index (κ3) is 7.82. The summed E-state index contributed by atoms with van der Waals surface area (Å²) in [5.74, 6) is -10.7. The molecule has 25 heteroatoms. The maximum atomic E-state index is 15.6. The number of hydrogen-bond acceptors (Lipinski definition) is 10. The van der Waals surface area contributed by atoms with E-state index in [-0.39, 0.29) is 61.6 Å². The van der Waals surface area contributed by atoms with E-state index in [2.05, 4.69) is 30.2 Å². The molecule has 4 aromatic heterocycles. The minimum Gasteiger partial charge on any atom is -0.344 e. The standard InChI is InChI=1S/C41H31ClF7N9O6S2/c1-56-34-28(9-7-25(42)32(34)38(54-56)55-66(3,63)64)58-39(52-37-22(40(58)60)6-8-26(51-37)21-5-4-18(43)14-29(21)65(2,61)62)27(12-17-10-19(44)13-20(45)11-17)50-30(59)16-57-35-31(33(53-57)36(46)47)23-15-24(23)41(35,48)49/h4-11,13-14,23-24,27,36H,12,15-16H2,1-3H3,(H,50,59)(H,54,55)/t23?,24?,27-/m0/s1. The Balaban J connectivity index is 1.28. The van der Waals surface area contributed by atoms with E-state index in [1.165, 1.54) is 36.0 Å². The Kier molecular flexibility index (Phi) is 10.6. The number of sulfone groups is 1. The number of hydrogen-bond donors (Lipinski definition) is 2. The maximum absolute atomic E-state index is 15.6. The molecule has 2 unspecified atom stereocenters. The second kappa shape index (κ2) is 15.6. The number of nitrogens with zero attached hydrogens (tertiary/aromatic N) is 7. The van der Waals surface area contributed by atoms with Crippen molar-refractivity contribution in [2.75, 3.05) is 17.2 Å². The van der Waals surface area contributed by atoms with E-state index in [0.29, 0.717) is 10.7 Å². The van der Waals surface area contributed by atoms with Crippen molar-refractivity contribution in [3.05, 3.63) is 122 Å². The quantitative estimate of drug-likeness (QED) is 0.126. The SMILES string of the molecule is Cn1nc(NS(C)(=O)=O)c2c(Cl)ccc(-n3c([C@H](Cc4cc(F)cc(F)c4)NC(=O)Cn4nc(C(F)F)c5c4C(F)(F)C4CC54)nc4nc(-c5ccc(F)cc5S(C)(=O)=O)ccc4c3=O)c21. The van der Waals surface area contributed by atoms with Crippen molar-refractivity contribution in [1.82, 2.24) is 39.4 Å². The number of anilines is 1. The fourth-order valence-corrected chi connectivity index (χ4v) is 10.3. The molecule has 7 aromatic rings. The lowest BCUT2D eigenvalue weighted by atomic mass is 10.0. The molecule has 1 fully saturated rings. The molecule has 0 bridgehead atoms. The molecular weight excluding hydrogens is 947 g/mol. The lowest BCUT2D eigenvalue weighted by Gasteiger charge is -2.24. The molecular formula is C41H31ClF7N9O6S2. The van der Waals surface area contributed by atoms with Crippen LogP contribution in [0.4, 0.5) is 36.6 Å². The lowest BCUT2D eigenvalue weighted by molar-refractivity contribution is -0.123. The Bertz CT molecular complexity index is 3510. The van der Waals surface area contributed by atoms with Gasteiger partial charge < -0.3 is 5.32 Å². The minimum absolute atomic E-state index is 0.00106. The summed E-state index contributed by atoms with van der Waals surface area (Å²) < 4.78 is 159. The number of alkyl halides is 4. The molecule has 3 aromatic carbocycles. The molecule has 15 nitrogen and oxygen atoms in total. The zero-order chi connectivity index (χ0) is 47.5. The van der Waals surface area contributed by atoms with Crippen molar-refractivity contribution in [3.8, 4) is 16.9 Å². The first-order valence-electron chi connectivity index (χ1n) is 19.5. The molecule has 1 amide bonds. The number of nitrogens with one attached hydrogen (secondary N) is 2. The maximum Gasteiger partial charge on any atom is 0.293 e. The van der Waals surface area contributed by atoms with Crippen LogP contribution in [0.2, 0.25) is 5.02 Å². The largest absolute Gasteiger partial charge is 0.344 e. The first-order valence-corrected chi connectivity index (χ1v) is 23.7. The molecule has 2 aliphatic carbocycles. The molecule has 0 spiro atoms. The number of benzene rings is 3. The van der Waals surface area contributed by atoms with E-state index in [1.54, 1.807) is 0 Å². The van der Waals surface area contributed by atoms with Crippen molar-refractivity contribution in [3.63, 3.8) is 0 Å². The lowest BCUT2D eigenvalue weighted by Crippen LogP contribution is -2.38. The van der Waals surface area contributed by atoms with Gasteiger partial charge in [0, 0.05) is 42.8 Å². The molecule has 0 radical (unpaired) electrons. The smallest absolute Gasteiger partial charge is 0.293 e. The predicted octanol–water partition coefficient (Wildman–Crippen LogP) is 6.62. The highest BCUT2D eigenvalue weighted by molar-refractivity contribution is 7.92. The van der Waals surface area contributed by atoms with Crippen LogP contribution in [-0.4, -0.2) is 69.4 Å². The average Bonchev–Trinajstić information content (AvgIpc) is 3.75. The van der Waals surface area contributed by atoms with Crippen molar-refractivity contribution < 1.29 is 52.4 Å². The Labute approximate surface area is 373 Å². The molecule has 0 aliphatic heterocycles. The van der Waals surface area contributed by atoms with Crippen LogP contribution in [-0.2, 0) is 50.6 Å². The van der Waals surface area contributed by atoms with E-state index in [4.69, 9.17) is 11.6 Å². The molecule has 4 heterocycles. The number of aromatic nitrogens is 7. The molecule has 0 saturated heterocycles. The fraction of sp³-hybridized carbons (Fsp3) is 0.268. The zero-order valence-electron chi connectivity index (χ0n) is 34.1. The number of pyridine rings is 1. The van der Waals surface area contributed by atoms with Gasteiger partial charge >= 0.3 is 0 Å². The molecule has 9 rings (SSSR count). The predicted molar refractivity (Wildman–Crippen MR) is 224 cm³/mol. The van der Waals surface area contributed by atoms with Crippen LogP contribution in [0.25, 0.3) is 38.9 Å². The second-order valence-electron chi connectivity index (χ2n) is 16.0. The van der Waals surface area contributed by atoms with Crippen LogP contribution >= 0.6 is 11.6 Å². The van der Waals surface area contributed by atoms with Gasteiger partial charge in [-0.3, -0.25) is 28.2 Å². The molecule has 2 N–H and O–H groups in total. The van der Waals surface area contributed by atoms with E-state index in [9.17, 15) is 43.6 Å². The number of aryl methyl sites for hydroxylation is 1. The molecule has 66 heavy (non-hydrogen) atoms.